The van der Waals surface area contributed by atoms with E-state index in [-0.39, 0.29) is 30.4 Å². The van der Waals surface area contributed by atoms with E-state index in [0.717, 1.165) is 29.7 Å². The molecule has 1 aliphatic heterocycles. The molecular formula is C30H41ClN4O4. The molecule has 3 rings (SSSR count). The summed E-state index contributed by atoms with van der Waals surface area (Å²) in [6, 6.07) is 13.8. The number of aryl methyl sites for hydroxylation is 1. The number of para-hydroxylation sites is 1. The van der Waals surface area contributed by atoms with Crippen molar-refractivity contribution in [1.82, 2.24) is 20.9 Å². The van der Waals surface area contributed by atoms with Gasteiger partial charge in [0.1, 0.15) is 17.9 Å². The van der Waals surface area contributed by atoms with Gasteiger partial charge in [-0.15, -0.1) is 0 Å². The zero-order valence-corrected chi connectivity index (χ0v) is 24.1. The van der Waals surface area contributed by atoms with Gasteiger partial charge in [-0.2, -0.15) is 0 Å². The SMILES string of the molecule is CCC(C)[C@@H]1NC[C@@H](C)Oc2ccccc2CCCNC(=O)[C@@H](Cc2ccc(Cl)cc2)NC(=O)CN(C)C1=O. The Kier molecular flexibility index (Phi) is 11.6. The van der Waals surface area contributed by atoms with Crippen molar-refractivity contribution < 1.29 is 19.1 Å². The van der Waals surface area contributed by atoms with E-state index in [1.165, 1.54) is 4.90 Å². The molecule has 0 bridgehead atoms. The zero-order chi connectivity index (χ0) is 28.4. The first-order valence-corrected chi connectivity index (χ1v) is 14.1. The molecule has 2 aromatic rings. The van der Waals surface area contributed by atoms with E-state index < -0.39 is 18.0 Å². The highest BCUT2D eigenvalue weighted by Gasteiger charge is 2.29. The fourth-order valence-electron chi connectivity index (χ4n) is 4.59. The van der Waals surface area contributed by atoms with Gasteiger partial charge in [0, 0.05) is 31.6 Å². The first-order valence-electron chi connectivity index (χ1n) is 13.7. The zero-order valence-electron chi connectivity index (χ0n) is 23.3. The number of likely N-dealkylation sites (N-methyl/N-ethyl adjacent to an activating group) is 1. The molecule has 0 aliphatic carbocycles. The second kappa shape index (κ2) is 14.9. The molecule has 0 saturated carbocycles. The highest BCUT2D eigenvalue weighted by atomic mass is 35.5. The van der Waals surface area contributed by atoms with Crippen LogP contribution in [0.15, 0.2) is 48.5 Å². The minimum absolute atomic E-state index is 0.0523. The summed E-state index contributed by atoms with van der Waals surface area (Å²) in [7, 11) is 1.61. The molecule has 1 unspecified atom stereocenters. The summed E-state index contributed by atoms with van der Waals surface area (Å²) in [6.45, 7) is 6.80. The van der Waals surface area contributed by atoms with Crippen LogP contribution in [0.1, 0.15) is 44.7 Å². The summed E-state index contributed by atoms with van der Waals surface area (Å²) in [5.74, 6) is 0.0133. The summed E-state index contributed by atoms with van der Waals surface area (Å²) in [4.78, 5) is 41.0. The highest BCUT2D eigenvalue weighted by Crippen LogP contribution is 2.21. The molecule has 8 nitrogen and oxygen atoms in total. The van der Waals surface area contributed by atoms with E-state index in [1.807, 2.05) is 57.2 Å². The number of hydrogen-bond donors (Lipinski definition) is 3. The van der Waals surface area contributed by atoms with Crippen molar-refractivity contribution in [3.8, 4) is 5.75 Å². The van der Waals surface area contributed by atoms with Crippen molar-refractivity contribution in [2.45, 2.75) is 64.6 Å². The number of benzene rings is 2. The van der Waals surface area contributed by atoms with E-state index in [1.54, 1.807) is 19.2 Å². The second-order valence-electron chi connectivity index (χ2n) is 10.3. The molecule has 3 N–H and O–H groups in total. The van der Waals surface area contributed by atoms with Gasteiger partial charge >= 0.3 is 0 Å². The van der Waals surface area contributed by atoms with E-state index >= 15 is 0 Å². The van der Waals surface area contributed by atoms with Crippen LogP contribution in [0.5, 0.6) is 5.75 Å². The quantitative estimate of drug-likeness (QED) is 0.536. The summed E-state index contributed by atoms with van der Waals surface area (Å²) in [5.41, 5.74) is 1.92. The Morgan fingerprint density at radius 1 is 1.10 bits per heavy atom. The molecule has 4 atom stereocenters. The van der Waals surface area contributed by atoms with Crippen LogP contribution in [0.4, 0.5) is 0 Å². The maximum atomic E-state index is 13.4. The Bertz CT molecular complexity index is 1110. The first-order chi connectivity index (χ1) is 18.7. The summed E-state index contributed by atoms with van der Waals surface area (Å²) >= 11 is 6.02. The number of hydrogen-bond acceptors (Lipinski definition) is 5. The largest absolute Gasteiger partial charge is 0.489 e. The Morgan fingerprint density at radius 2 is 1.82 bits per heavy atom. The number of carbonyl (C=O) groups is 3. The molecule has 0 spiro atoms. The van der Waals surface area contributed by atoms with Gasteiger partial charge < -0.3 is 25.6 Å². The molecule has 0 radical (unpaired) electrons. The molecule has 0 fully saturated rings. The van der Waals surface area contributed by atoms with Crippen LogP contribution in [0, 0.1) is 5.92 Å². The molecule has 0 aromatic heterocycles. The van der Waals surface area contributed by atoms with Crippen molar-refractivity contribution in [3.05, 3.63) is 64.7 Å². The Morgan fingerprint density at radius 3 is 2.54 bits per heavy atom. The topological polar surface area (TPSA) is 99.8 Å². The third-order valence-electron chi connectivity index (χ3n) is 7.09. The van der Waals surface area contributed by atoms with Crippen LogP contribution in [0.3, 0.4) is 0 Å². The predicted octanol–water partition coefficient (Wildman–Crippen LogP) is 3.36. The Balaban J connectivity index is 1.84. The number of rotatable bonds is 4. The number of ether oxygens (including phenoxy) is 1. The third kappa shape index (κ3) is 9.25. The molecule has 9 heteroatoms. The minimum Gasteiger partial charge on any atom is -0.489 e. The molecule has 39 heavy (non-hydrogen) atoms. The van der Waals surface area contributed by atoms with Crippen LogP contribution in [-0.2, 0) is 27.2 Å². The number of fused-ring (bicyclic) bond motifs is 1. The highest BCUT2D eigenvalue weighted by molar-refractivity contribution is 6.30. The van der Waals surface area contributed by atoms with Gasteiger partial charge in [-0.3, -0.25) is 14.4 Å². The maximum Gasteiger partial charge on any atom is 0.242 e. The monoisotopic (exact) mass is 556 g/mol. The molecule has 1 heterocycles. The molecular weight excluding hydrogens is 516 g/mol. The van der Waals surface area contributed by atoms with Gasteiger partial charge in [0.25, 0.3) is 0 Å². The van der Waals surface area contributed by atoms with Gasteiger partial charge in [0.05, 0.1) is 12.6 Å². The minimum atomic E-state index is -0.791. The fourth-order valence-corrected chi connectivity index (χ4v) is 4.72. The lowest BCUT2D eigenvalue weighted by molar-refractivity contribution is -0.138. The van der Waals surface area contributed by atoms with Gasteiger partial charge in [-0.05, 0) is 55.0 Å². The van der Waals surface area contributed by atoms with E-state index in [0.29, 0.717) is 31.0 Å². The lowest BCUT2D eigenvalue weighted by Crippen LogP contribution is -2.54. The van der Waals surface area contributed by atoms with Crippen LogP contribution in [0.25, 0.3) is 0 Å². The molecule has 0 saturated heterocycles. The normalized spacial score (nSPS) is 22.9. The lowest BCUT2D eigenvalue weighted by atomic mass is 9.97. The van der Waals surface area contributed by atoms with Gasteiger partial charge in [-0.1, -0.05) is 62.2 Å². The van der Waals surface area contributed by atoms with Crippen LogP contribution < -0.4 is 20.7 Å². The van der Waals surface area contributed by atoms with E-state index in [2.05, 4.69) is 16.0 Å². The number of nitrogens with one attached hydrogen (secondary N) is 3. The van der Waals surface area contributed by atoms with Gasteiger partial charge in [0.15, 0.2) is 0 Å². The Labute approximate surface area is 236 Å². The number of nitrogens with zero attached hydrogens (tertiary/aromatic N) is 1. The standard InChI is InChI=1S/C30H41ClN4O4/c1-5-20(2)28-30(38)35(4)19-27(36)34-25(17-22-12-14-24(31)15-13-22)29(37)32-16-8-10-23-9-6-7-11-26(23)39-21(3)18-33-28/h6-7,9,11-15,20-21,25,28,33H,5,8,10,16-19H2,1-4H3,(H,32,37)(H,34,36)/t20?,21-,25-,28+/m1/s1. The van der Waals surface area contributed by atoms with E-state index in [9.17, 15) is 14.4 Å². The van der Waals surface area contributed by atoms with Crippen molar-refractivity contribution in [3.63, 3.8) is 0 Å². The molecule has 1 aliphatic rings. The molecule has 212 valence electrons. The van der Waals surface area contributed by atoms with Crippen molar-refractivity contribution in [1.29, 1.82) is 0 Å². The maximum absolute atomic E-state index is 13.4. The second-order valence-corrected chi connectivity index (χ2v) is 10.8. The smallest absolute Gasteiger partial charge is 0.242 e. The molecule has 3 amide bonds. The third-order valence-corrected chi connectivity index (χ3v) is 7.34. The number of amides is 3. The first kappa shape index (κ1) is 30.4. The predicted molar refractivity (Wildman–Crippen MR) is 154 cm³/mol. The number of carbonyl (C=O) groups excluding carboxylic acids is 3. The summed E-state index contributed by atoms with van der Waals surface area (Å²) in [5, 5.41) is 9.79. The van der Waals surface area contributed by atoms with Gasteiger partial charge in [-0.25, -0.2) is 0 Å². The van der Waals surface area contributed by atoms with Crippen LogP contribution in [-0.4, -0.2) is 67.5 Å². The number of halogens is 1. The Hall–Kier alpha value is -3.10. The van der Waals surface area contributed by atoms with Gasteiger partial charge in [0.2, 0.25) is 17.7 Å². The average molecular weight is 557 g/mol. The van der Waals surface area contributed by atoms with Crippen LogP contribution >= 0.6 is 11.6 Å². The fraction of sp³-hybridized carbons (Fsp3) is 0.500. The van der Waals surface area contributed by atoms with Crippen molar-refractivity contribution >= 4 is 29.3 Å². The summed E-state index contributed by atoms with van der Waals surface area (Å²) in [6.07, 6.45) is 2.37. The molecule has 2 aromatic carbocycles. The van der Waals surface area contributed by atoms with E-state index in [4.69, 9.17) is 16.3 Å². The average Bonchev–Trinajstić information content (AvgIpc) is 2.91. The lowest BCUT2D eigenvalue weighted by Gasteiger charge is -2.30. The summed E-state index contributed by atoms with van der Waals surface area (Å²) < 4.78 is 6.25. The van der Waals surface area contributed by atoms with Crippen molar-refractivity contribution in [2.75, 3.05) is 26.7 Å². The van der Waals surface area contributed by atoms with Crippen LogP contribution in [0.2, 0.25) is 5.02 Å². The van der Waals surface area contributed by atoms with Crippen molar-refractivity contribution in [2.24, 2.45) is 5.92 Å².